The predicted molar refractivity (Wildman–Crippen MR) is 100 cm³/mol. The van der Waals surface area contributed by atoms with Gasteiger partial charge in [-0.3, -0.25) is 4.79 Å². The van der Waals surface area contributed by atoms with E-state index in [0.29, 0.717) is 11.3 Å². The van der Waals surface area contributed by atoms with Crippen LogP contribution in [0.1, 0.15) is 29.8 Å². The maximum absolute atomic E-state index is 12.4. The second kappa shape index (κ2) is 7.95. The van der Waals surface area contributed by atoms with Gasteiger partial charge >= 0.3 is 0 Å². The van der Waals surface area contributed by atoms with E-state index in [2.05, 4.69) is 10.3 Å². The SMILES string of the molecule is CC(C)Oc1ccc(C(=O)N[C@@H](Cc2c[nH]c3ccccc23)C(=O)[O-])cc1. The molecule has 0 saturated carbocycles. The summed E-state index contributed by atoms with van der Waals surface area (Å²) in [5, 5.41) is 15.0. The van der Waals surface area contributed by atoms with Gasteiger partial charge in [-0.15, -0.1) is 0 Å². The van der Waals surface area contributed by atoms with Crippen LogP contribution in [0.4, 0.5) is 0 Å². The van der Waals surface area contributed by atoms with Crippen molar-refractivity contribution in [3.8, 4) is 5.75 Å². The van der Waals surface area contributed by atoms with Crippen LogP contribution in [-0.4, -0.2) is 29.0 Å². The fraction of sp³-hybridized carbons (Fsp3) is 0.238. The third kappa shape index (κ3) is 4.47. The first-order chi connectivity index (χ1) is 12.9. The van der Waals surface area contributed by atoms with Gasteiger partial charge in [0.25, 0.3) is 5.91 Å². The van der Waals surface area contributed by atoms with E-state index < -0.39 is 17.9 Å². The lowest BCUT2D eigenvalue weighted by molar-refractivity contribution is -0.308. The smallest absolute Gasteiger partial charge is 0.251 e. The molecule has 6 heteroatoms. The standard InChI is InChI=1S/C21H22N2O4/c1-13(2)27-16-9-7-14(8-10-16)20(24)23-19(21(25)26)11-15-12-22-18-6-4-3-5-17(15)18/h3-10,12-13,19,22H,11H2,1-2H3,(H,23,24)(H,25,26)/p-1/t19-/m0/s1. The average molecular weight is 365 g/mol. The number of carboxylic acid groups (broad SMARTS) is 1. The molecule has 27 heavy (non-hydrogen) atoms. The van der Waals surface area contributed by atoms with E-state index in [1.54, 1.807) is 30.5 Å². The lowest BCUT2D eigenvalue weighted by Gasteiger charge is -2.20. The lowest BCUT2D eigenvalue weighted by Crippen LogP contribution is -2.49. The summed E-state index contributed by atoms with van der Waals surface area (Å²) in [6.07, 6.45) is 1.92. The van der Waals surface area contributed by atoms with E-state index in [1.165, 1.54) is 0 Å². The van der Waals surface area contributed by atoms with Gasteiger partial charge in [0, 0.05) is 29.1 Å². The molecule has 0 spiro atoms. The number of ether oxygens (including phenoxy) is 1. The predicted octanol–water partition coefficient (Wildman–Crippen LogP) is 2.05. The molecule has 2 aromatic carbocycles. The molecular formula is C21H21N2O4-. The molecule has 1 amide bonds. The van der Waals surface area contributed by atoms with Crippen molar-refractivity contribution < 1.29 is 19.4 Å². The van der Waals surface area contributed by atoms with Crippen molar-refractivity contribution in [1.29, 1.82) is 0 Å². The van der Waals surface area contributed by atoms with Crippen molar-refractivity contribution >= 4 is 22.8 Å². The third-order valence-corrected chi connectivity index (χ3v) is 4.18. The molecule has 0 radical (unpaired) electrons. The summed E-state index contributed by atoms with van der Waals surface area (Å²) in [5.74, 6) is -1.15. The molecule has 0 aliphatic carbocycles. The Bertz CT molecular complexity index is 944. The number of para-hydroxylation sites is 1. The van der Waals surface area contributed by atoms with E-state index in [9.17, 15) is 14.7 Å². The summed E-state index contributed by atoms with van der Waals surface area (Å²) in [4.78, 5) is 27.1. The van der Waals surface area contributed by atoms with Crippen LogP contribution in [0.15, 0.2) is 54.7 Å². The average Bonchev–Trinajstić information content (AvgIpc) is 3.04. The monoisotopic (exact) mass is 365 g/mol. The van der Waals surface area contributed by atoms with Crippen LogP contribution < -0.4 is 15.2 Å². The minimum atomic E-state index is -1.33. The first-order valence-corrected chi connectivity index (χ1v) is 8.77. The van der Waals surface area contributed by atoms with Gasteiger partial charge in [0.1, 0.15) is 5.75 Å². The first-order valence-electron chi connectivity index (χ1n) is 8.77. The van der Waals surface area contributed by atoms with Gasteiger partial charge in [-0.2, -0.15) is 0 Å². The summed E-state index contributed by atoms with van der Waals surface area (Å²) in [7, 11) is 0. The summed E-state index contributed by atoms with van der Waals surface area (Å²) in [6.45, 7) is 3.82. The van der Waals surface area contributed by atoms with Crippen molar-refractivity contribution in [3.05, 3.63) is 65.9 Å². The molecule has 0 aliphatic heterocycles. The van der Waals surface area contributed by atoms with Crippen LogP contribution in [0, 0.1) is 0 Å². The molecule has 1 atom stereocenters. The quantitative estimate of drug-likeness (QED) is 0.670. The molecule has 6 nitrogen and oxygen atoms in total. The number of fused-ring (bicyclic) bond motifs is 1. The number of hydrogen-bond acceptors (Lipinski definition) is 4. The number of nitrogens with one attached hydrogen (secondary N) is 2. The number of aromatic amines is 1. The number of aliphatic carboxylic acids is 1. The van der Waals surface area contributed by atoms with Crippen LogP contribution in [0.25, 0.3) is 10.9 Å². The molecule has 0 saturated heterocycles. The Morgan fingerprint density at radius 3 is 2.48 bits per heavy atom. The maximum atomic E-state index is 12.4. The highest BCUT2D eigenvalue weighted by Crippen LogP contribution is 2.19. The first kappa shape index (κ1) is 18.5. The fourth-order valence-electron chi connectivity index (χ4n) is 2.91. The molecule has 1 aromatic heterocycles. The highest BCUT2D eigenvalue weighted by atomic mass is 16.5. The van der Waals surface area contributed by atoms with Crippen molar-refractivity contribution in [1.82, 2.24) is 10.3 Å². The molecule has 3 aromatic rings. The molecule has 3 rings (SSSR count). The van der Waals surface area contributed by atoms with Gasteiger partial charge in [0.15, 0.2) is 0 Å². The van der Waals surface area contributed by atoms with Crippen LogP contribution in [0.2, 0.25) is 0 Å². The fourth-order valence-corrected chi connectivity index (χ4v) is 2.91. The van der Waals surface area contributed by atoms with Crippen molar-refractivity contribution in [3.63, 3.8) is 0 Å². The minimum Gasteiger partial charge on any atom is -0.548 e. The zero-order valence-corrected chi connectivity index (χ0v) is 15.2. The van der Waals surface area contributed by atoms with E-state index >= 15 is 0 Å². The number of amides is 1. The van der Waals surface area contributed by atoms with E-state index in [0.717, 1.165) is 16.5 Å². The normalized spacial score (nSPS) is 12.1. The van der Waals surface area contributed by atoms with Crippen LogP contribution >= 0.6 is 0 Å². The second-order valence-corrected chi connectivity index (χ2v) is 6.60. The van der Waals surface area contributed by atoms with Gasteiger partial charge < -0.3 is 24.9 Å². The number of carbonyl (C=O) groups is 2. The molecule has 0 fully saturated rings. The number of carboxylic acids is 1. The zero-order valence-electron chi connectivity index (χ0n) is 15.2. The number of rotatable bonds is 7. The summed E-state index contributed by atoms with van der Waals surface area (Å²) in [6, 6.07) is 13.0. The molecule has 1 heterocycles. The third-order valence-electron chi connectivity index (χ3n) is 4.18. The number of hydrogen-bond donors (Lipinski definition) is 2. The van der Waals surface area contributed by atoms with Gasteiger partial charge in [-0.25, -0.2) is 0 Å². The largest absolute Gasteiger partial charge is 0.548 e. The molecule has 0 aliphatic rings. The van der Waals surface area contributed by atoms with Gasteiger partial charge in [0.2, 0.25) is 0 Å². The molecule has 0 bridgehead atoms. The van der Waals surface area contributed by atoms with E-state index in [4.69, 9.17) is 4.74 Å². The topological polar surface area (TPSA) is 94.2 Å². The number of H-pyrrole nitrogens is 1. The van der Waals surface area contributed by atoms with Gasteiger partial charge in [-0.1, -0.05) is 18.2 Å². The van der Waals surface area contributed by atoms with Crippen molar-refractivity contribution in [2.24, 2.45) is 0 Å². The molecular weight excluding hydrogens is 344 g/mol. The Balaban J connectivity index is 1.72. The Morgan fingerprint density at radius 2 is 1.81 bits per heavy atom. The van der Waals surface area contributed by atoms with Crippen molar-refractivity contribution in [2.75, 3.05) is 0 Å². The molecule has 2 N–H and O–H groups in total. The number of carbonyl (C=O) groups excluding carboxylic acids is 2. The second-order valence-electron chi connectivity index (χ2n) is 6.60. The maximum Gasteiger partial charge on any atom is 0.251 e. The highest BCUT2D eigenvalue weighted by molar-refractivity contribution is 5.96. The zero-order chi connectivity index (χ0) is 19.4. The Kier molecular flexibility index (Phi) is 5.45. The summed E-state index contributed by atoms with van der Waals surface area (Å²) < 4.78 is 5.54. The Hall–Kier alpha value is -3.28. The van der Waals surface area contributed by atoms with Crippen LogP contribution in [0.3, 0.4) is 0 Å². The molecule has 0 unspecified atom stereocenters. The summed E-state index contributed by atoms with van der Waals surface area (Å²) >= 11 is 0. The summed E-state index contributed by atoms with van der Waals surface area (Å²) in [5.41, 5.74) is 2.08. The lowest BCUT2D eigenvalue weighted by atomic mass is 10.0. The number of benzene rings is 2. The minimum absolute atomic E-state index is 0.0308. The van der Waals surface area contributed by atoms with Crippen LogP contribution in [0.5, 0.6) is 5.75 Å². The number of aromatic nitrogens is 1. The molecule has 140 valence electrons. The van der Waals surface area contributed by atoms with E-state index in [1.807, 2.05) is 38.1 Å². The van der Waals surface area contributed by atoms with Crippen LogP contribution in [-0.2, 0) is 11.2 Å². The highest BCUT2D eigenvalue weighted by Gasteiger charge is 2.17. The van der Waals surface area contributed by atoms with Gasteiger partial charge in [-0.05, 0) is 49.7 Å². The van der Waals surface area contributed by atoms with E-state index in [-0.39, 0.29) is 12.5 Å². The Morgan fingerprint density at radius 1 is 1.11 bits per heavy atom. The van der Waals surface area contributed by atoms with Crippen molar-refractivity contribution in [2.45, 2.75) is 32.4 Å². The van der Waals surface area contributed by atoms with Gasteiger partial charge in [0.05, 0.1) is 18.1 Å². The Labute approximate surface area is 157 Å².